The van der Waals surface area contributed by atoms with Crippen molar-refractivity contribution >= 4 is 18.3 Å². The molecule has 2 saturated heterocycles. The zero-order chi connectivity index (χ0) is 11.5. The Morgan fingerprint density at radius 3 is 2.53 bits per heavy atom. The predicted molar refractivity (Wildman–Crippen MR) is 72.5 cm³/mol. The van der Waals surface area contributed by atoms with E-state index in [0.29, 0.717) is 18.0 Å². The van der Waals surface area contributed by atoms with E-state index in [1.807, 2.05) is 0 Å². The molecule has 0 spiro atoms. The van der Waals surface area contributed by atoms with Gasteiger partial charge in [0.25, 0.3) is 0 Å². The molecule has 0 aliphatic carbocycles. The lowest BCUT2D eigenvalue weighted by Gasteiger charge is -2.31. The highest BCUT2D eigenvalue weighted by atomic mass is 35.5. The summed E-state index contributed by atoms with van der Waals surface area (Å²) in [4.78, 5) is 14.7. The molecule has 2 unspecified atom stereocenters. The number of carbonyl (C=O) groups is 1. The van der Waals surface area contributed by atoms with Gasteiger partial charge in [0.1, 0.15) is 0 Å². The molecule has 2 bridgehead atoms. The van der Waals surface area contributed by atoms with Crippen LogP contribution >= 0.6 is 12.4 Å². The average molecular weight is 261 g/mol. The first-order valence-electron chi connectivity index (χ1n) is 6.80. The van der Waals surface area contributed by atoms with Crippen LogP contribution in [-0.4, -0.2) is 36.0 Å². The molecule has 2 heterocycles. The maximum absolute atomic E-state index is 12.5. The Hall–Kier alpha value is -0.280. The molecular formula is C13H25ClN2O. The van der Waals surface area contributed by atoms with Crippen molar-refractivity contribution in [3.63, 3.8) is 0 Å². The van der Waals surface area contributed by atoms with Crippen LogP contribution in [0, 0.1) is 5.92 Å². The predicted octanol–water partition coefficient (Wildman–Crippen LogP) is 2.20. The van der Waals surface area contributed by atoms with Crippen LogP contribution in [0.5, 0.6) is 0 Å². The first-order chi connectivity index (χ1) is 7.77. The van der Waals surface area contributed by atoms with E-state index in [9.17, 15) is 4.79 Å². The molecule has 0 aromatic heterocycles. The summed E-state index contributed by atoms with van der Waals surface area (Å²) in [5.74, 6) is 0.669. The van der Waals surface area contributed by atoms with Crippen LogP contribution in [0.2, 0.25) is 0 Å². The number of fused-ring (bicyclic) bond motifs is 2. The molecule has 2 aliphatic rings. The maximum atomic E-state index is 12.5. The minimum Gasteiger partial charge on any atom is -0.335 e. The summed E-state index contributed by atoms with van der Waals surface area (Å²) in [6, 6.07) is 0.994. The molecule has 100 valence electrons. The van der Waals surface area contributed by atoms with Gasteiger partial charge in [0, 0.05) is 24.5 Å². The molecule has 2 rings (SSSR count). The molecule has 1 amide bonds. The zero-order valence-corrected chi connectivity index (χ0v) is 11.8. The minimum atomic E-state index is 0. The Labute approximate surface area is 111 Å². The van der Waals surface area contributed by atoms with E-state index in [1.54, 1.807) is 0 Å². The second-order valence-electron chi connectivity index (χ2n) is 5.14. The Morgan fingerprint density at radius 2 is 1.88 bits per heavy atom. The molecular weight excluding hydrogens is 236 g/mol. The highest BCUT2D eigenvalue weighted by molar-refractivity contribution is 5.85. The molecule has 2 fully saturated rings. The van der Waals surface area contributed by atoms with Gasteiger partial charge < -0.3 is 10.2 Å². The molecule has 0 aromatic carbocycles. The fourth-order valence-corrected chi connectivity index (χ4v) is 3.19. The van der Waals surface area contributed by atoms with E-state index in [0.717, 1.165) is 32.4 Å². The number of hydrogen-bond donors (Lipinski definition) is 1. The summed E-state index contributed by atoms with van der Waals surface area (Å²) in [5.41, 5.74) is 0. The highest BCUT2D eigenvalue weighted by Gasteiger charge is 2.39. The summed E-state index contributed by atoms with van der Waals surface area (Å²) in [6.45, 7) is 6.34. The summed E-state index contributed by atoms with van der Waals surface area (Å²) in [6.07, 6.45) is 5.53. The smallest absolute Gasteiger partial charge is 0.226 e. The summed E-state index contributed by atoms with van der Waals surface area (Å²) < 4.78 is 0. The van der Waals surface area contributed by atoms with Crippen molar-refractivity contribution in [1.29, 1.82) is 0 Å². The van der Waals surface area contributed by atoms with Crippen LogP contribution in [0.1, 0.15) is 46.0 Å². The van der Waals surface area contributed by atoms with Crippen molar-refractivity contribution < 1.29 is 4.79 Å². The molecule has 0 radical (unpaired) electrons. The summed E-state index contributed by atoms with van der Waals surface area (Å²) >= 11 is 0. The molecule has 1 N–H and O–H groups in total. The quantitative estimate of drug-likeness (QED) is 0.844. The molecule has 0 saturated carbocycles. The Morgan fingerprint density at radius 1 is 1.24 bits per heavy atom. The third kappa shape index (κ3) is 2.94. The van der Waals surface area contributed by atoms with E-state index in [-0.39, 0.29) is 18.3 Å². The first-order valence-corrected chi connectivity index (χ1v) is 6.80. The maximum Gasteiger partial charge on any atom is 0.226 e. The lowest BCUT2D eigenvalue weighted by atomic mass is 10.0. The number of hydrogen-bond acceptors (Lipinski definition) is 2. The second-order valence-corrected chi connectivity index (χ2v) is 5.14. The van der Waals surface area contributed by atoms with Crippen molar-refractivity contribution in [2.75, 3.05) is 13.1 Å². The molecule has 2 atom stereocenters. The van der Waals surface area contributed by atoms with Gasteiger partial charge in [-0.05, 0) is 38.6 Å². The van der Waals surface area contributed by atoms with Gasteiger partial charge in [0.2, 0.25) is 5.91 Å². The van der Waals surface area contributed by atoms with Crippen LogP contribution in [0.3, 0.4) is 0 Å². The zero-order valence-electron chi connectivity index (χ0n) is 10.9. The number of nitrogens with one attached hydrogen (secondary N) is 1. The third-order valence-corrected chi connectivity index (χ3v) is 4.24. The number of rotatable bonds is 3. The van der Waals surface area contributed by atoms with E-state index < -0.39 is 0 Å². The van der Waals surface area contributed by atoms with E-state index in [4.69, 9.17) is 0 Å². The number of nitrogens with zero attached hydrogens (tertiary/aromatic N) is 1. The SMILES string of the molecule is CCC(CC)C(=O)N1C2CCNCC1CC2.Cl. The molecule has 17 heavy (non-hydrogen) atoms. The van der Waals surface area contributed by atoms with E-state index in [2.05, 4.69) is 24.1 Å². The average Bonchev–Trinajstić information content (AvgIpc) is 2.53. The fraction of sp³-hybridized carbons (Fsp3) is 0.923. The number of halogens is 1. The summed E-state index contributed by atoms with van der Waals surface area (Å²) in [7, 11) is 0. The molecule has 0 aromatic rings. The van der Waals surface area contributed by atoms with Crippen LogP contribution in [0.25, 0.3) is 0 Å². The lowest BCUT2D eigenvalue weighted by molar-refractivity contribution is -0.138. The van der Waals surface area contributed by atoms with Gasteiger partial charge in [-0.2, -0.15) is 0 Å². The standard InChI is InChI=1S/C13H24N2O.ClH/c1-3-10(4-2)13(16)15-11-5-6-12(15)9-14-8-7-11;/h10-12,14H,3-9H2,1-2H3;1H. The second kappa shape index (κ2) is 6.60. The van der Waals surface area contributed by atoms with Crippen LogP contribution in [0.4, 0.5) is 0 Å². The molecule has 3 nitrogen and oxygen atoms in total. The highest BCUT2D eigenvalue weighted by Crippen LogP contribution is 2.30. The van der Waals surface area contributed by atoms with Gasteiger partial charge in [-0.25, -0.2) is 0 Å². The van der Waals surface area contributed by atoms with Gasteiger partial charge >= 0.3 is 0 Å². The van der Waals surface area contributed by atoms with Crippen molar-refractivity contribution in [2.24, 2.45) is 5.92 Å². The lowest BCUT2D eigenvalue weighted by Crippen LogP contribution is -2.45. The van der Waals surface area contributed by atoms with Crippen LogP contribution < -0.4 is 5.32 Å². The van der Waals surface area contributed by atoms with Crippen molar-refractivity contribution in [1.82, 2.24) is 10.2 Å². The van der Waals surface area contributed by atoms with Crippen LogP contribution in [0.15, 0.2) is 0 Å². The van der Waals surface area contributed by atoms with Crippen molar-refractivity contribution in [3.8, 4) is 0 Å². The largest absolute Gasteiger partial charge is 0.335 e. The monoisotopic (exact) mass is 260 g/mol. The third-order valence-electron chi connectivity index (χ3n) is 4.24. The normalized spacial score (nSPS) is 27.8. The number of amides is 1. The van der Waals surface area contributed by atoms with Crippen molar-refractivity contribution in [3.05, 3.63) is 0 Å². The Bertz CT molecular complexity index is 242. The fourth-order valence-electron chi connectivity index (χ4n) is 3.19. The van der Waals surface area contributed by atoms with Gasteiger partial charge in [-0.1, -0.05) is 13.8 Å². The number of carbonyl (C=O) groups excluding carboxylic acids is 1. The van der Waals surface area contributed by atoms with Crippen molar-refractivity contribution in [2.45, 2.75) is 58.0 Å². The van der Waals surface area contributed by atoms with Gasteiger partial charge in [-0.3, -0.25) is 4.79 Å². The first kappa shape index (κ1) is 14.8. The van der Waals surface area contributed by atoms with Gasteiger partial charge in [0.05, 0.1) is 0 Å². The Kier molecular flexibility index (Phi) is 5.74. The van der Waals surface area contributed by atoms with E-state index in [1.165, 1.54) is 12.8 Å². The molecule has 2 aliphatic heterocycles. The Balaban J connectivity index is 0.00000144. The van der Waals surface area contributed by atoms with Crippen LogP contribution in [-0.2, 0) is 4.79 Å². The topological polar surface area (TPSA) is 32.3 Å². The van der Waals surface area contributed by atoms with Gasteiger partial charge in [0.15, 0.2) is 0 Å². The van der Waals surface area contributed by atoms with E-state index >= 15 is 0 Å². The van der Waals surface area contributed by atoms with Gasteiger partial charge in [-0.15, -0.1) is 12.4 Å². The summed E-state index contributed by atoms with van der Waals surface area (Å²) in [5, 5.41) is 3.44. The molecule has 4 heteroatoms. The minimum absolute atomic E-state index is 0.